The lowest BCUT2D eigenvalue weighted by Crippen LogP contribution is -2.24. The molecule has 0 unspecified atom stereocenters. The van der Waals surface area contributed by atoms with Crippen molar-refractivity contribution in [3.8, 4) is 11.1 Å². The summed E-state index contributed by atoms with van der Waals surface area (Å²) < 4.78 is 5.20. The van der Waals surface area contributed by atoms with Gasteiger partial charge in [0.1, 0.15) is 0 Å². The van der Waals surface area contributed by atoms with E-state index >= 15 is 0 Å². The second kappa shape index (κ2) is 6.31. The lowest BCUT2D eigenvalue weighted by molar-refractivity contribution is -0.120. The number of anilines is 1. The quantitative estimate of drug-likeness (QED) is 0.907. The van der Waals surface area contributed by atoms with Crippen LogP contribution in [0.2, 0.25) is 5.02 Å². The van der Waals surface area contributed by atoms with Crippen molar-refractivity contribution in [1.82, 2.24) is 5.16 Å². The molecule has 0 aliphatic heterocycles. The van der Waals surface area contributed by atoms with Crippen molar-refractivity contribution in [2.75, 3.05) is 5.32 Å². The summed E-state index contributed by atoms with van der Waals surface area (Å²) in [5, 5.41) is 7.34. The van der Waals surface area contributed by atoms with Crippen LogP contribution in [0.25, 0.3) is 11.1 Å². The van der Waals surface area contributed by atoms with Crippen LogP contribution in [-0.4, -0.2) is 11.1 Å². The molecule has 0 radical (unpaired) electrons. The van der Waals surface area contributed by atoms with Gasteiger partial charge >= 0.3 is 0 Å². The van der Waals surface area contributed by atoms with Crippen molar-refractivity contribution in [2.24, 2.45) is 5.92 Å². The van der Waals surface area contributed by atoms with Crippen LogP contribution >= 0.6 is 11.6 Å². The number of carbonyl (C=O) groups excluding carboxylic acids is 1. The molecule has 1 aliphatic rings. The first-order valence-electron chi connectivity index (χ1n) is 7.25. The summed E-state index contributed by atoms with van der Waals surface area (Å²) in [4.78, 5) is 12.3. The van der Waals surface area contributed by atoms with E-state index in [4.69, 9.17) is 16.1 Å². The second-order valence-electron chi connectivity index (χ2n) is 5.40. The van der Waals surface area contributed by atoms with E-state index in [1.165, 1.54) is 6.42 Å². The Morgan fingerprint density at radius 1 is 1.19 bits per heavy atom. The Morgan fingerprint density at radius 3 is 2.62 bits per heavy atom. The summed E-state index contributed by atoms with van der Waals surface area (Å²) in [6.07, 6.45) is 6.99. The zero-order valence-electron chi connectivity index (χ0n) is 11.6. The Balaban J connectivity index is 1.76. The molecule has 1 aliphatic carbocycles. The highest BCUT2D eigenvalue weighted by Crippen LogP contribution is 2.30. The number of hydrogen-bond donors (Lipinski definition) is 1. The molecule has 1 fully saturated rings. The summed E-state index contributed by atoms with van der Waals surface area (Å²) in [6, 6.07) is 7.36. The summed E-state index contributed by atoms with van der Waals surface area (Å²) in [7, 11) is 0. The van der Waals surface area contributed by atoms with Crippen LogP contribution in [-0.2, 0) is 4.79 Å². The van der Waals surface area contributed by atoms with Crippen LogP contribution in [0, 0.1) is 5.92 Å². The molecule has 1 heterocycles. The first-order chi connectivity index (χ1) is 10.2. The minimum atomic E-state index is 0.0293. The van der Waals surface area contributed by atoms with Crippen LogP contribution in [0.5, 0.6) is 0 Å². The Labute approximate surface area is 128 Å². The monoisotopic (exact) mass is 304 g/mol. The molecule has 110 valence electrons. The maximum atomic E-state index is 12.3. The van der Waals surface area contributed by atoms with Gasteiger partial charge in [0.25, 0.3) is 0 Å². The van der Waals surface area contributed by atoms with Gasteiger partial charge in [-0.3, -0.25) is 10.1 Å². The molecule has 1 aromatic heterocycles. The largest absolute Gasteiger partial charge is 0.338 e. The Hall–Kier alpha value is -1.81. The van der Waals surface area contributed by atoms with E-state index in [1.807, 2.05) is 12.1 Å². The summed E-state index contributed by atoms with van der Waals surface area (Å²) in [5.41, 5.74) is 1.69. The van der Waals surface area contributed by atoms with Gasteiger partial charge in [0, 0.05) is 10.9 Å². The van der Waals surface area contributed by atoms with E-state index in [9.17, 15) is 4.79 Å². The van der Waals surface area contributed by atoms with Gasteiger partial charge in [-0.15, -0.1) is 0 Å². The zero-order valence-corrected chi connectivity index (χ0v) is 12.4. The van der Waals surface area contributed by atoms with Gasteiger partial charge in [0.2, 0.25) is 11.8 Å². The van der Waals surface area contributed by atoms with Gasteiger partial charge in [-0.2, -0.15) is 0 Å². The van der Waals surface area contributed by atoms with E-state index in [0.717, 1.165) is 36.8 Å². The number of rotatable bonds is 3. The second-order valence-corrected chi connectivity index (χ2v) is 5.84. The number of halogens is 1. The third-order valence-corrected chi connectivity index (χ3v) is 4.19. The molecule has 1 N–H and O–H groups in total. The standard InChI is InChI=1S/C16H17ClN2O2/c17-13-8-6-11(7-9-13)14-10-18-21-16(14)19-15(20)12-4-2-1-3-5-12/h6-10,12H,1-5H2,(H,19,20). The van der Waals surface area contributed by atoms with Gasteiger partial charge in [0.15, 0.2) is 0 Å². The SMILES string of the molecule is O=C(Nc1oncc1-c1ccc(Cl)cc1)C1CCCCC1. The highest BCUT2D eigenvalue weighted by Gasteiger charge is 2.23. The smallest absolute Gasteiger partial charge is 0.239 e. The van der Waals surface area contributed by atoms with Gasteiger partial charge in [-0.05, 0) is 30.5 Å². The van der Waals surface area contributed by atoms with Crippen molar-refractivity contribution >= 4 is 23.4 Å². The molecule has 1 saturated carbocycles. The molecule has 2 aromatic rings. The highest BCUT2D eigenvalue weighted by molar-refractivity contribution is 6.30. The van der Waals surface area contributed by atoms with Crippen LogP contribution in [0.15, 0.2) is 35.0 Å². The maximum absolute atomic E-state index is 12.3. The lowest BCUT2D eigenvalue weighted by Gasteiger charge is -2.20. The van der Waals surface area contributed by atoms with Crippen molar-refractivity contribution < 1.29 is 9.32 Å². The average Bonchev–Trinajstić information content (AvgIpc) is 2.97. The number of aromatic nitrogens is 1. The van der Waals surface area contributed by atoms with E-state index in [-0.39, 0.29) is 11.8 Å². The predicted molar refractivity (Wildman–Crippen MR) is 82.2 cm³/mol. The minimum absolute atomic E-state index is 0.0293. The topological polar surface area (TPSA) is 55.1 Å². The Bertz CT molecular complexity index is 615. The van der Waals surface area contributed by atoms with Crippen LogP contribution < -0.4 is 5.32 Å². The molecule has 21 heavy (non-hydrogen) atoms. The summed E-state index contributed by atoms with van der Waals surface area (Å²) in [5.74, 6) is 0.525. The summed E-state index contributed by atoms with van der Waals surface area (Å²) in [6.45, 7) is 0. The number of amides is 1. The fraction of sp³-hybridized carbons (Fsp3) is 0.375. The van der Waals surface area contributed by atoms with Gasteiger partial charge in [0.05, 0.1) is 11.8 Å². The molecular weight excluding hydrogens is 288 g/mol. The van der Waals surface area contributed by atoms with Crippen LogP contribution in [0.4, 0.5) is 5.88 Å². The number of benzene rings is 1. The third kappa shape index (κ3) is 3.27. The fourth-order valence-electron chi connectivity index (χ4n) is 2.74. The van der Waals surface area contributed by atoms with Crippen LogP contribution in [0.1, 0.15) is 32.1 Å². The minimum Gasteiger partial charge on any atom is -0.338 e. The fourth-order valence-corrected chi connectivity index (χ4v) is 2.87. The van der Waals surface area contributed by atoms with Gasteiger partial charge < -0.3 is 4.52 Å². The molecular formula is C16H17ClN2O2. The van der Waals surface area contributed by atoms with E-state index < -0.39 is 0 Å². The molecule has 3 rings (SSSR count). The van der Waals surface area contributed by atoms with Gasteiger partial charge in [-0.1, -0.05) is 48.2 Å². The average molecular weight is 305 g/mol. The third-order valence-electron chi connectivity index (χ3n) is 3.94. The van der Waals surface area contributed by atoms with Gasteiger partial charge in [-0.25, -0.2) is 0 Å². The van der Waals surface area contributed by atoms with E-state index in [0.29, 0.717) is 10.9 Å². The number of carbonyl (C=O) groups is 1. The van der Waals surface area contributed by atoms with Crippen LogP contribution in [0.3, 0.4) is 0 Å². The number of nitrogens with zero attached hydrogens (tertiary/aromatic N) is 1. The number of hydrogen-bond acceptors (Lipinski definition) is 3. The molecule has 4 nitrogen and oxygen atoms in total. The maximum Gasteiger partial charge on any atom is 0.239 e. The van der Waals surface area contributed by atoms with Crippen molar-refractivity contribution in [2.45, 2.75) is 32.1 Å². The molecule has 0 atom stereocenters. The van der Waals surface area contributed by atoms with Crippen molar-refractivity contribution in [3.63, 3.8) is 0 Å². The van der Waals surface area contributed by atoms with E-state index in [1.54, 1.807) is 18.3 Å². The summed E-state index contributed by atoms with van der Waals surface area (Å²) >= 11 is 5.89. The molecule has 0 bridgehead atoms. The molecule has 0 spiro atoms. The Kier molecular flexibility index (Phi) is 4.25. The first kappa shape index (κ1) is 14.1. The molecule has 1 aromatic carbocycles. The normalized spacial score (nSPS) is 15.9. The highest BCUT2D eigenvalue weighted by atomic mass is 35.5. The van der Waals surface area contributed by atoms with Crippen molar-refractivity contribution in [3.05, 3.63) is 35.5 Å². The molecule has 5 heteroatoms. The molecule has 0 saturated heterocycles. The van der Waals surface area contributed by atoms with E-state index in [2.05, 4.69) is 10.5 Å². The Morgan fingerprint density at radius 2 is 1.90 bits per heavy atom. The predicted octanol–water partition coefficient (Wildman–Crippen LogP) is 4.51. The molecule has 1 amide bonds. The van der Waals surface area contributed by atoms with Crippen molar-refractivity contribution in [1.29, 1.82) is 0 Å². The first-order valence-corrected chi connectivity index (χ1v) is 7.63. The zero-order chi connectivity index (χ0) is 14.7. The lowest BCUT2D eigenvalue weighted by atomic mass is 9.88. The number of nitrogens with one attached hydrogen (secondary N) is 1.